The van der Waals surface area contributed by atoms with Gasteiger partial charge in [-0.05, 0) is 19.4 Å². The number of carbonyl (C=O) groups excluding carboxylic acids is 1. The molecule has 0 aromatic rings. The van der Waals surface area contributed by atoms with E-state index in [0.29, 0.717) is 13.0 Å². The number of alkyl halides is 3. The second-order valence-corrected chi connectivity index (χ2v) is 4.49. The third-order valence-electron chi connectivity index (χ3n) is 1.82. The largest absolute Gasteiger partial charge is 0.534 e. The lowest BCUT2D eigenvalue weighted by atomic mass is 10.2. The van der Waals surface area contributed by atoms with E-state index in [-0.39, 0.29) is 6.42 Å². The molecule has 15 heavy (non-hydrogen) atoms. The summed E-state index contributed by atoms with van der Waals surface area (Å²) in [7, 11) is -5.82. The normalized spacial score (nSPS) is 22.7. The van der Waals surface area contributed by atoms with Gasteiger partial charge in [0.15, 0.2) is 0 Å². The molecular weight excluding hydrogens is 239 g/mol. The zero-order valence-electron chi connectivity index (χ0n) is 7.37. The minimum atomic E-state index is -5.82. The zero-order chi connectivity index (χ0) is 11.7. The van der Waals surface area contributed by atoms with Gasteiger partial charge in [0.2, 0.25) is 0 Å². The summed E-state index contributed by atoms with van der Waals surface area (Å²) in [6.07, 6.45) is 0.859. The van der Waals surface area contributed by atoms with E-state index in [0.717, 1.165) is 0 Å². The number of hydrogen-bond donors (Lipinski definition) is 1. The fourth-order valence-electron chi connectivity index (χ4n) is 1.10. The van der Waals surface area contributed by atoms with Gasteiger partial charge in [-0.1, -0.05) is 0 Å². The number of rotatable bonds is 2. The average Bonchev–Trinajstić information content (AvgIpc) is 2.51. The third kappa shape index (κ3) is 2.81. The molecule has 88 valence electrons. The summed E-state index contributed by atoms with van der Waals surface area (Å²) in [6, 6.07) is -0.970. The quantitative estimate of drug-likeness (QED) is 0.554. The molecule has 0 bridgehead atoms. The molecular formula is C6H8F3NO4S. The molecule has 1 saturated heterocycles. The van der Waals surface area contributed by atoms with E-state index in [1.54, 1.807) is 0 Å². The second-order valence-electron chi connectivity index (χ2n) is 2.95. The lowest BCUT2D eigenvalue weighted by Crippen LogP contribution is -2.37. The van der Waals surface area contributed by atoms with Gasteiger partial charge in [-0.3, -0.25) is 0 Å². The molecule has 5 nitrogen and oxygen atoms in total. The molecule has 0 radical (unpaired) electrons. The molecule has 1 N–H and O–H groups in total. The Morgan fingerprint density at radius 1 is 1.40 bits per heavy atom. The molecule has 0 aliphatic carbocycles. The smallest absolute Gasteiger partial charge is 0.338 e. The van der Waals surface area contributed by atoms with Crippen molar-refractivity contribution in [3.63, 3.8) is 0 Å². The standard InChI is InChI=1S/C6H8F3NO4S/c7-6(8,9)15(12,13)14-5(11)4-2-1-3-10-4/h4,10H,1-3H2/t4-/m0/s1. The van der Waals surface area contributed by atoms with Gasteiger partial charge in [0.25, 0.3) is 0 Å². The highest BCUT2D eigenvalue weighted by atomic mass is 32.2. The molecule has 1 heterocycles. The first kappa shape index (κ1) is 12.2. The van der Waals surface area contributed by atoms with Crippen LogP contribution in [0.4, 0.5) is 13.2 Å². The Balaban J connectivity index is 2.66. The van der Waals surface area contributed by atoms with Gasteiger partial charge in [0, 0.05) is 0 Å². The van der Waals surface area contributed by atoms with Crippen LogP contribution in [0.25, 0.3) is 0 Å². The first-order chi connectivity index (χ1) is 6.74. The topological polar surface area (TPSA) is 72.5 Å². The number of nitrogens with one attached hydrogen (secondary N) is 1. The van der Waals surface area contributed by atoms with Gasteiger partial charge in [0.05, 0.1) is 0 Å². The molecule has 0 saturated carbocycles. The van der Waals surface area contributed by atoms with Gasteiger partial charge in [-0.15, -0.1) is 0 Å². The van der Waals surface area contributed by atoms with E-state index in [4.69, 9.17) is 0 Å². The summed E-state index contributed by atoms with van der Waals surface area (Å²) in [5.41, 5.74) is -5.57. The van der Waals surface area contributed by atoms with E-state index in [2.05, 4.69) is 9.50 Å². The Bertz CT molecular complexity index is 344. The summed E-state index contributed by atoms with van der Waals surface area (Å²) >= 11 is 0. The predicted molar refractivity (Wildman–Crippen MR) is 42.1 cm³/mol. The number of hydrogen-bond acceptors (Lipinski definition) is 5. The summed E-state index contributed by atoms with van der Waals surface area (Å²) in [4.78, 5) is 10.9. The lowest BCUT2D eigenvalue weighted by Gasteiger charge is -2.11. The Kier molecular flexibility index (Phi) is 3.24. The predicted octanol–water partition coefficient (Wildman–Crippen LogP) is 0.131. The highest BCUT2D eigenvalue weighted by Crippen LogP contribution is 2.25. The van der Waals surface area contributed by atoms with Crippen LogP contribution >= 0.6 is 0 Å². The van der Waals surface area contributed by atoms with Crippen LogP contribution in [0.2, 0.25) is 0 Å². The van der Waals surface area contributed by atoms with Crippen molar-refractivity contribution in [1.82, 2.24) is 5.32 Å². The van der Waals surface area contributed by atoms with Crippen molar-refractivity contribution < 1.29 is 30.6 Å². The average molecular weight is 247 g/mol. The van der Waals surface area contributed by atoms with Crippen molar-refractivity contribution in [1.29, 1.82) is 0 Å². The molecule has 0 aromatic heterocycles. The first-order valence-corrected chi connectivity index (χ1v) is 5.43. The lowest BCUT2D eigenvalue weighted by molar-refractivity contribution is -0.138. The van der Waals surface area contributed by atoms with Crippen LogP contribution in [-0.2, 0) is 19.1 Å². The molecule has 9 heteroatoms. The first-order valence-electron chi connectivity index (χ1n) is 4.02. The maximum atomic E-state index is 11.8. The summed E-state index contributed by atoms with van der Waals surface area (Å²) in [5, 5.41) is 2.52. The van der Waals surface area contributed by atoms with Gasteiger partial charge in [0.1, 0.15) is 6.04 Å². The van der Waals surface area contributed by atoms with Crippen LogP contribution in [0, 0.1) is 0 Å². The molecule has 1 fully saturated rings. The Labute approximate surface area is 83.7 Å². The van der Waals surface area contributed by atoms with Gasteiger partial charge < -0.3 is 9.50 Å². The maximum absolute atomic E-state index is 11.8. The van der Waals surface area contributed by atoms with Gasteiger partial charge in [-0.2, -0.15) is 21.6 Å². The van der Waals surface area contributed by atoms with Crippen LogP contribution < -0.4 is 5.32 Å². The van der Waals surface area contributed by atoms with E-state index in [9.17, 15) is 26.4 Å². The van der Waals surface area contributed by atoms with Crippen LogP contribution in [-0.4, -0.2) is 32.5 Å². The monoisotopic (exact) mass is 247 g/mol. The SMILES string of the molecule is O=C(OS(=O)(=O)C(F)(F)F)[C@@H]1CCCN1. The molecule has 1 aliphatic rings. The Morgan fingerprint density at radius 3 is 2.40 bits per heavy atom. The number of halogens is 3. The van der Waals surface area contributed by atoms with Crippen LogP contribution in [0.3, 0.4) is 0 Å². The molecule has 1 atom stereocenters. The summed E-state index contributed by atoms with van der Waals surface area (Å²) in [6.45, 7) is 0.450. The summed E-state index contributed by atoms with van der Waals surface area (Å²) in [5.74, 6) is -1.41. The van der Waals surface area contributed by atoms with Crippen molar-refractivity contribution in [3.8, 4) is 0 Å². The zero-order valence-corrected chi connectivity index (χ0v) is 8.19. The molecule has 0 spiro atoms. The van der Waals surface area contributed by atoms with Crippen molar-refractivity contribution >= 4 is 16.1 Å². The number of carbonyl (C=O) groups is 1. The van der Waals surface area contributed by atoms with E-state index < -0.39 is 27.6 Å². The molecule has 0 unspecified atom stereocenters. The molecule has 1 aliphatic heterocycles. The van der Waals surface area contributed by atoms with Crippen molar-refractivity contribution in [2.24, 2.45) is 0 Å². The van der Waals surface area contributed by atoms with Crippen LogP contribution in [0.15, 0.2) is 0 Å². The molecule has 0 aromatic carbocycles. The third-order valence-corrected chi connectivity index (χ3v) is 2.77. The Hall–Kier alpha value is -0.830. The fraction of sp³-hybridized carbons (Fsp3) is 0.833. The molecule has 0 amide bonds. The summed E-state index contributed by atoms with van der Waals surface area (Å²) < 4.78 is 59.7. The fourth-order valence-corrected chi connectivity index (χ4v) is 1.53. The highest BCUT2D eigenvalue weighted by molar-refractivity contribution is 7.88. The van der Waals surface area contributed by atoms with E-state index in [1.807, 2.05) is 0 Å². The minimum Gasteiger partial charge on any atom is -0.338 e. The van der Waals surface area contributed by atoms with Gasteiger partial charge >= 0.3 is 21.6 Å². The van der Waals surface area contributed by atoms with E-state index >= 15 is 0 Å². The van der Waals surface area contributed by atoms with E-state index in [1.165, 1.54) is 0 Å². The molecule has 1 rings (SSSR count). The highest BCUT2D eigenvalue weighted by Gasteiger charge is 2.50. The van der Waals surface area contributed by atoms with Crippen molar-refractivity contribution in [2.45, 2.75) is 24.4 Å². The maximum Gasteiger partial charge on any atom is 0.534 e. The van der Waals surface area contributed by atoms with Crippen molar-refractivity contribution in [3.05, 3.63) is 0 Å². The minimum absolute atomic E-state index is 0.270. The Morgan fingerprint density at radius 2 is 2.00 bits per heavy atom. The van der Waals surface area contributed by atoms with Crippen LogP contribution in [0.1, 0.15) is 12.8 Å². The van der Waals surface area contributed by atoms with Crippen molar-refractivity contribution in [2.75, 3.05) is 6.54 Å². The van der Waals surface area contributed by atoms with Crippen LogP contribution in [0.5, 0.6) is 0 Å². The van der Waals surface area contributed by atoms with Gasteiger partial charge in [-0.25, -0.2) is 4.79 Å². The second kappa shape index (κ2) is 3.97.